The molecule has 3 aromatic carbocycles. The van der Waals surface area contributed by atoms with Gasteiger partial charge in [-0.3, -0.25) is 0 Å². The van der Waals surface area contributed by atoms with Crippen LogP contribution in [0.2, 0.25) is 0 Å². The van der Waals surface area contributed by atoms with Crippen LogP contribution in [0.15, 0.2) is 69.6 Å². The first-order valence-corrected chi connectivity index (χ1v) is 10.3. The Bertz CT molecular complexity index is 1230. The topological polar surface area (TPSA) is 70.8 Å². The molecule has 0 aliphatic heterocycles. The number of fused-ring (bicyclic) bond motifs is 1. The molecule has 0 bridgehead atoms. The van der Waals surface area contributed by atoms with Crippen molar-refractivity contribution in [3.63, 3.8) is 0 Å². The molecule has 4 rings (SSSR count). The van der Waals surface area contributed by atoms with Gasteiger partial charge in [0, 0.05) is 10.2 Å². The van der Waals surface area contributed by atoms with Gasteiger partial charge in [0.2, 0.25) is 11.8 Å². The summed E-state index contributed by atoms with van der Waals surface area (Å²) >= 11 is 7.05. The molecule has 1 heterocycles. The lowest BCUT2D eigenvalue weighted by molar-refractivity contribution is 0.462. The highest BCUT2D eigenvalue weighted by Gasteiger charge is 2.14. The van der Waals surface area contributed by atoms with Crippen LogP contribution < -0.4 is 10.1 Å². The molecule has 0 saturated carbocycles. The lowest BCUT2D eigenvalue weighted by atomic mass is 10.2. The first-order valence-electron chi connectivity index (χ1n) is 8.71. The minimum atomic E-state index is 0.411. The molecule has 0 aliphatic rings. The monoisotopic (exact) mass is 508 g/mol. The molecule has 7 heteroatoms. The quantitative estimate of drug-likeness (QED) is 0.325. The molecule has 1 N–H and O–H groups in total. The van der Waals surface area contributed by atoms with E-state index in [1.165, 1.54) is 0 Å². The zero-order chi connectivity index (χ0) is 20.4. The number of halogens is 2. The van der Waals surface area contributed by atoms with Crippen molar-refractivity contribution in [1.82, 2.24) is 9.97 Å². The molecule has 0 fully saturated rings. The van der Waals surface area contributed by atoms with Gasteiger partial charge in [0.25, 0.3) is 0 Å². The van der Waals surface area contributed by atoms with E-state index in [-0.39, 0.29) is 0 Å². The highest BCUT2D eigenvalue weighted by Crippen LogP contribution is 2.37. The molecule has 0 amide bonds. The maximum Gasteiger partial charge on any atom is 0.232 e. The van der Waals surface area contributed by atoms with Gasteiger partial charge < -0.3 is 10.1 Å². The lowest BCUT2D eigenvalue weighted by Crippen LogP contribution is -2.01. The largest absolute Gasteiger partial charge is 0.437 e. The van der Waals surface area contributed by atoms with Crippen molar-refractivity contribution in [2.24, 2.45) is 0 Å². The normalized spacial score (nSPS) is 10.6. The molecule has 0 aliphatic carbocycles. The summed E-state index contributed by atoms with van der Waals surface area (Å²) in [5, 5.41) is 12.9. The van der Waals surface area contributed by atoms with Crippen LogP contribution in [-0.2, 0) is 0 Å². The van der Waals surface area contributed by atoms with Crippen molar-refractivity contribution in [1.29, 1.82) is 5.26 Å². The Morgan fingerprint density at radius 2 is 1.76 bits per heavy atom. The van der Waals surface area contributed by atoms with E-state index in [9.17, 15) is 0 Å². The van der Waals surface area contributed by atoms with Crippen LogP contribution in [0.1, 0.15) is 11.1 Å². The van der Waals surface area contributed by atoms with E-state index >= 15 is 0 Å². The summed E-state index contributed by atoms with van der Waals surface area (Å²) in [6, 6.07) is 20.8. The van der Waals surface area contributed by atoms with E-state index in [1.54, 1.807) is 12.1 Å². The number of rotatable bonds is 4. The predicted octanol–water partition coefficient (Wildman–Crippen LogP) is 6.87. The smallest absolute Gasteiger partial charge is 0.232 e. The Morgan fingerprint density at radius 3 is 2.48 bits per heavy atom. The fraction of sp³-hybridized carbons (Fsp3) is 0.0455. The fourth-order valence-corrected chi connectivity index (χ4v) is 4.37. The molecule has 142 valence electrons. The van der Waals surface area contributed by atoms with E-state index in [4.69, 9.17) is 10.00 Å². The summed E-state index contributed by atoms with van der Waals surface area (Å²) in [6.45, 7) is 1.98. The molecule has 0 saturated heterocycles. The molecule has 1 aromatic heterocycles. The van der Waals surface area contributed by atoms with Crippen LogP contribution in [0.5, 0.6) is 11.6 Å². The van der Waals surface area contributed by atoms with Crippen molar-refractivity contribution in [2.75, 3.05) is 5.32 Å². The molecule has 0 unspecified atom stereocenters. The third kappa shape index (κ3) is 4.24. The van der Waals surface area contributed by atoms with Crippen LogP contribution in [0.3, 0.4) is 0 Å². The Hall–Kier alpha value is -2.95. The van der Waals surface area contributed by atoms with E-state index in [1.807, 2.05) is 55.5 Å². The zero-order valence-corrected chi connectivity index (χ0v) is 18.5. The van der Waals surface area contributed by atoms with Gasteiger partial charge in [-0.25, -0.2) is 4.98 Å². The summed E-state index contributed by atoms with van der Waals surface area (Å²) < 4.78 is 8.01. The SMILES string of the molecule is Cc1cc(Br)cc(Br)c1Oc1nc(Nc2ccc(C#N)cc2)nc2ccccc12. The average Bonchev–Trinajstić information content (AvgIpc) is 2.71. The molecule has 4 aromatic rings. The van der Waals surface area contributed by atoms with Gasteiger partial charge >= 0.3 is 0 Å². The first-order chi connectivity index (χ1) is 14.0. The number of nitrogens with one attached hydrogen (secondary N) is 1. The second-order valence-electron chi connectivity index (χ2n) is 6.32. The third-order valence-corrected chi connectivity index (χ3v) is 5.28. The number of hydrogen-bond donors (Lipinski definition) is 1. The molecule has 5 nitrogen and oxygen atoms in total. The van der Waals surface area contributed by atoms with Gasteiger partial charge in [-0.2, -0.15) is 10.2 Å². The van der Waals surface area contributed by atoms with Crippen molar-refractivity contribution in [3.05, 3.63) is 80.7 Å². The van der Waals surface area contributed by atoms with Gasteiger partial charge in [0.05, 0.1) is 27.0 Å². The van der Waals surface area contributed by atoms with Gasteiger partial charge in [-0.1, -0.05) is 28.1 Å². The van der Waals surface area contributed by atoms with Gasteiger partial charge in [-0.05, 0) is 76.9 Å². The summed E-state index contributed by atoms with van der Waals surface area (Å²) in [6.07, 6.45) is 0. The maximum absolute atomic E-state index is 8.96. The number of para-hydroxylation sites is 1. The third-order valence-electron chi connectivity index (χ3n) is 4.23. The maximum atomic E-state index is 8.96. The number of nitriles is 1. The number of aromatic nitrogens is 2. The molecule has 0 atom stereocenters. The summed E-state index contributed by atoms with van der Waals surface area (Å²) in [5.41, 5.74) is 3.11. The van der Waals surface area contributed by atoms with Crippen LogP contribution >= 0.6 is 31.9 Å². The van der Waals surface area contributed by atoms with Gasteiger partial charge in [-0.15, -0.1) is 0 Å². The fourth-order valence-electron chi connectivity index (χ4n) is 2.85. The van der Waals surface area contributed by atoms with Gasteiger partial charge in [0.15, 0.2) is 0 Å². The van der Waals surface area contributed by atoms with Crippen LogP contribution in [-0.4, -0.2) is 9.97 Å². The molecule has 0 spiro atoms. The highest BCUT2D eigenvalue weighted by atomic mass is 79.9. The van der Waals surface area contributed by atoms with Gasteiger partial charge in [0.1, 0.15) is 5.75 Å². The number of anilines is 2. The van der Waals surface area contributed by atoms with Crippen LogP contribution in [0, 0.1) is 18.3 Å². The number of ether oxygens (including phenoxy) is 1. The van der Waals surface area contributed by atoms with E-state index in [0.29, 0.717) is 23.1 Å². The van der Waals surface area contributed by atoms with Crippen molar-refractivity contribution < 1.29 is 4.74 Å². The van der Waals surface area contributed by atoms with Crippen molar-refractivity contribution in [3.8, 4) is 17.7 Å². The molecular weight excluding hydrogens is 496 g/mol. The van der Waals surface area contributed by atoms with Crippen LogP contribution in [0.4, 0.5) is 11.6 Å². The Kier molecular flexibility index (Phi) is 5.47. The average molecular weight is 510 g/mol. The van der Waals surface area contributed by atoms with Crippen LogP contribution in [0.25, 0.3) is 10.9 Å². The van der Waals surface area contributed by atoms with E-state index < -0.39 is 0 Å². The molecule has 0 radical (unpaired) electrons. The van der Waals surface area contributed by atoms with E-state index in [2.05, 4.69) is 53.2 Å². The molecule has 29 heavy (non-hydrogen) atoms. The van der Waals surface area contributed by atoms with Crippen molar-refractivity contribution in [2.45, 2.75) is 6.92 Å². The number of benzene rings is 3. The second kappa shape index (κ2) is 8.19. The number of nitrogens with zero attached hydrogens (tertiary/aromatic N) is 3. The Morgan fingerprint density at radius 1 is 1.00 bits per heavy atom. The summed E-state index contributed by atoms with van der Waals surface area (Å²) in [7, 11) is 0. The lowest BCUT2D eigenvalue weighted by Gasteiger charge is -2.14. The summed E-state index contributed by atoms with van der Waals surface area (Å²) in [5.74, 6) is 1.56. The van der Waals surface area contributed by atoms with Crippen molar-refractivity contribution >= 4 is 54.4 Å². The number of hydrogen-bond acceptors (Lipinski definition) is 5. The number of aryl methyl sites for hydroxylation is 1. The second-order valence-corrected chi connectivity index (χ2v) is 8.09. The van der Waals surface area contributed by atoms with E-state index in [0.717, 1.165) is 31.1 Å². The predicted molar refractivity (Wildman–Crippen MR) is 121 cm³/mol. The highest BCUT2D eigenvalue weighted by molar-refractivity contribution is 9.11. The zero-order valence-electron chi connectivity index (χ0n) is 15.3. The Labute approximate surface area is 184 Å². The summed E-state index contributed by atoms with van der Waals surface area (Å²) in [4.78, 5) is 9.18. The minimum absolute atomic E-state index is 0.411. The first kappa shape index (κ1) is 19.4. The standard InChI is InChI=1S/C22H14Br2N4O/c1-13-10-15(23)11-18(24)20(13)29-21-17-4-2-3-5-19(17)27-22(28-21)26-16-8-6-14(12-25)7-9-16/h2-11H,1H3,(H,26,27,28). The minimum Gasteiger partial charge on any atom is -0.437 e. The molecular formula is C22H14Br2N4O. The Balaban J connectivity index is 1.76.